The number of rotatable bonds is 6. The van der Waals surface area contributed by atoms with Gasteiger partial charge in [-0.15, -0.1) is 0 Å². The van der Waals surface area contributed by atoms with Crippen LogP contribution in [0.2, 0.25) is 0 Å². The summed E-state index contributed by atoms with van der Waals surface area (Å²) in [6, 6.07) is 0.270. The molecule has 1 aliphatic carbocycles. The van der Waals surface area contributed by atoms with Crippen LogP contribution in [0.5, 0.6) is 0 Å². The molecule has 15 heavy (non-hydrogen) atoms. The van der Waals surface area contributed by atoms with E-state index in [4.69, 9.17) is 0 Å². The first-order chi connectivity index (χ1) is 6.97. The highest BCUT2D eigenvalue weighted by Gasteiger charge is 2.33. The van der Waals surface area contributed by atoms with E-state index >= 15 is 0 Å². The summed E-state index contributed by atoms with van der Waals surface area (Å²) in [6.07, 6.45) is 3.23. The molecule has 5 heteroatoms. The van der Waals surface area contributed by atoms with E-state index in [-0.39, 0.29) is 17.7 Å². The summed E-state index contributed by atoms with van der Waals surface area (Å²) in [5, 5.41) is 0.723. The molecule has 0 aromatic carbocycles. The van der Waals surface area contributed by atoms with Gasteiger partial charge in [-0.3, -0.25) is 0 Å². The van der Waals surface area contributed by atoms with E-state index in [1.807, 2.05) is 13.8 Å². The van der Waals surface area contributed by atoms with Crippen molar-refractivity contribution in [1.82, 2.24) is 4.31 Å². The van der Waals surface area contributed by atoms with Crippen molar-refractivity contribution in [2.45, 2.75) is 39.2 Å². The van der Waals surface area contributed by atoms with Crippen molar-refractivity contribution in [3.63, 3.8) is 0 Å². The highest BCUT2D eigenvalue weighted by atomic mass is 79.9. The van der Waals surface area contributed by atoms with Crippen molar-refractivity contribution >= 4 is 26.0 Å². The molecule has 0 atom stereocenters. The molecule has 1 aliphatic rings. The lowest BCUT2D eigenvalue weighted by Crippen LogP contribution is -2.46. The van der Waals surface area contributed by atoms with Crippen molar-refractivity contribution < 1.29 is 8.42 Å². The number of hydrogen-bond donors (Lipinski definition) is 0. The van der Waals surface area contributed by atoms with Crippen LogP contribution in [0.25, 0.3) is 0 Å². The molecule has 0 aromatic heterocycles. The molecule has 1 rings (SSSR count). The molecular weight excluding hydrogens is 278 g/mol. The summed E-state index contributed by atoms with van der Waals surface area (Å²) in [5.74, 6) is 0.476. The third-order valence-corrected chi connectivity index (χ3v) is 5.33. The van der Waals surface area contributed by atoms with Gasteiger partial charge in [0.2, 0.25) is 10.0 Å². The maximum Gasteiger partial charge on any atom is 0.214 e. The van der Waals surface area contributed by atoms with Gasteiger partial charge in [0.1, 0.15) is 0 Å². The fourth-order valence-electron chi connectivity index (χ4n) is 1.82. The van der Waals surface area contributed by atoms with Crippen molar-refractivity contribution in [3.8, 4) is 0 Å². The molecule has 0 unspecified atom stereocenters. The Morgan fingerprint density at radius 1 is 1.40 bits per heavy atom. The van der Waals surface area contributed by atoms with Gasteiger partial charge in [0.15, 0.2) is 0 Å². The zero-order valence-corrected chi connectivity index (χ0v) is 11.8. The Hall–Kier alpha value is 0.390. The fraction of sp³-hybridized carbons (Fsp3) is 1.00. The Labute approximate surface area is 101 Å². The number of halogens is 1. The van der Waals surface area contributed by atoms with Gasteiger partial charge in [0.05, 0.1) is 5.75 Å². The Morgan fingerprint density at radius 3 is 2.33 bits per heavy atom. The summed E-state index contributed by atoms with van der Waals surface area (Å²) in [5.41, 5.74) is 0. The van der Waals surface area contributed by atoms with Gasteiger partial charge in [-0.25, -0.2) is 8.42 Å². The van der Waals surface area contributed by atoms with Crippen molar-refractivity contribution in [1.29, 1.82) is 0 Å². The molecule has 0 heterocycles. The molecule has 0 amide bonds. The van der Waals surface area contributed by atoms with Gasteiger partial charge in [-0.1, -0.05) is 36.2 Å². The second kappa shape index (κ2) is 5.64. The predicted molar refractivity (Wildman–Crippen MR) is 66.8 cm³/mol. The van der Waals surface area contributed by atoms with Crippen LogP contribution in [0, 0.1) is 5.92 Å². The Bertz CT molecular complexity index is 286. The lowest BCUT2D eigenvalue weighted by molar-refractivity contribution is 0.227. The monoisotopic (exact) mass is 297 g/mol. The van der Waals surface area contributed by atoms with Crippen LogP contribution in [-0.2, 0) is 10.0 Å². The summed E-state index contributed by atoms with van der Waals surface area (Å²) >= 11 is 3.32. The first-order valence-electron chi connectivity index (χ1n) is 5.53. The Balaban J connectivity index is 2.68. The lowest BCUT2D eigenvalue weighted by Gasteiger charge is -2.36. The number of sulfonamides is 1. The minimum absolute atomic E-state index is 0.202. The maximum atomic E-state index is 12.1. The SMILES string of the molecule is CC(C)CS(=O)(=O)N(CCBr)C1CCC1. The third kappa shape index (κ3) is 3.71. The fourth-order valence-corrected chi connectivity index (χ4v) is 4.51. The van der Waals surface area contributed by atoms with Crippen LogP contribution in [0.4, 0.5) is 0 Å². The molecule has 3 nitrogen and oxygen atoms in total. The average molecular weight is 298 g/mol. The zero-order chi connectivity index (χ0) is 11.5. The van der Waals surface area contributed by atoms with E-state index in [0.29, 0.717) is 6.54 Å². The topological polar surface area (TPSA) is 37.4 Å². The molecule has 0 radical (unpaired) electrons. The van der Waals surface area contributed by atoms with Gasteiger partial charge >= 0.3 is 0 Å². The van der Waals surface area contributed by atoms with Gasteiger partial charge < -0.3 is 0 Å². The highest BCUT2D eigenvalue weighted by Crippen LogP contribution is 2.27. The average Bonchev–Trinajstić information content (AvgIpc) is 1.97. The molecule has 90 valence electrons. The third-order valence-electron chi connectivity index (χ3n) is 2.69. The van der Waals surface area contributed by atoms with Gasteiger partial charge in [0.25, 0.3) is 0 Å². The number of alkyl halides is 1. The minimum atomic E-state index is -3.04. The molecule has 0 aliphatic heterocycles. The first-order valence-corrected chi connectivity index (χ1v) is 8.26. The molecule has 1 fully saturated rings. The van der Waals surface area contributed by atoms with Crippen LogP contribution in [0.15, 0.2) is 0 Å². The van der Waals surface area contributed by atoms with Crippen molar-refractivity contribution in [2.24, 2.45) is 5.92 Å². The van der Waals surface area contributed by atoms with E-state index in [0.717, 1.165) is 18.2 Å². The zero-order valence-electron chi connectivity index (χ0n) is 9.45. The van der Waals surface area contributed by atoms with E-state index in [9.17, 15) is 8.42 Å². The summed E-state index contributed by atoms with van der Waals surface area (Å²) in [4.78, 5) is 0. The molecule has 0 spiro atoms. The predicted octanol–water partition coefficient (Wildman–Crippen LogP) is 2.22. The summed E-state index contributed by atoms with van der Waals surface area (Å²) in [7, 11) is -3.04. The molecular formula is C10H20BrNO2S. The lowest BCUT2D eigenvalue weighted by atomic mass is 9.93. The molecule has 0 saturated heterocycles. The highest BCUT2D eigenvalue weighted by molar-refractivity contribution is 9.09. The van der Waals surface area contributed by atoms with Gasteiger partial charge in [0, 0.05) is 17.9 Å². The Kier molecular flexibility index (Phi) is 5.06. The van der Waals surface area contributed by atoms with Crippen LogP contribution >= 0.6 is 15.9 Å². The molecule has 0 bridgehead atoms. The van der Waals surface area contributed by atoms with Gasteiger partial charge in [-0.05, 0) is 18.8 Å². The second-order valence-corrected chi connectivity index (χ2v) is 7.32. The van der Waals surface area contributed by atoms with E-state index in [1.165, 1.54) is 6.42 Å². The second-order valence-electron chi connectivity index (χ2n) is 4.56. The molecule has 0 aromatic rings. The minimum Gasteiger partial charge on any atom is -0.212 e. The quantitative estimate of drug-likeness (QED) is 0.705. The smallest absolute Gasteiger partial charge is 0.212 e. The molecule has 1 saturated carbocycles. The van der Waals surface area contributed by atoms with Crippen LogP contribution in [-0.4, -0.2) is 36.4 Å². The van der Waals surface area contributed by atoms with Gasteiger partial charge in [-0.2, -0.15) is 4.31 Å². The van der Waals surface area contributed by atoms with Crippen LogP contribution in [0.3, 0.4) is 0 Å². The summed E-state index contributed by atoms with van der Waals surface area (Å²) < 4.78 is 25.8. The Morgan fingerprint density at radius 2 is 2.00 bits per heavy atom. The van der Waals surface area contributed by atoms with Crippen molar-refractivity contribution in [3.05, 3.63) is 0 Å². The number of nitrogens with zero attached hydrogens (tertiary/aromatic N) is 1. The standard InChI is InChI=1S/C10H20BrNO2S/c1-9(2)8-15(13,14)12(7-6-11)10-4-3-5-10/h9-10H,3-8H2,1-2H3. The summed E-state index contributed by atoms with van der Waals surface area (Å²) in [6.45, 7) is 4.51. The van der Waals surface area contributed by atoms with Crippen LogP contribution in [0.1, 0.15) is 33.1 Å². The van der Waals surface area contributed by atoms with E-state index in [1.54, 1.807) is 4.31 Å². The molecule has 0 N–H and O–H groups in total. The number of hydrogen-bond acceptors (Lipinski definition) is 2. The van der Waals surface area contributed by atoms with E-state index in [2.05, 4.69) is 15.9 Å². The normalized spacial score (nSPS) is 18.5. The van der Waals surface area contributed by atoms with Crippen LogP contribution < -0.4 is 0 Å². The maximum absolute atomic E-state index is 12.1. The van der Waals surface area contributed by atoms with E-state index < -0.39 is 10.0 Å². The largest absolute Gasteiger partial charge is 0.214 e. The first kappa shape index (κ1) is 13.5. The van der Waals surface area contributed by atoms with Crippen molar-refractivity contribution in [2.75, 3.05) is 17.6 Å².